The molecule has 1 aromatic rings. The highest BCUT2D eigenvalue weighted by Gasteiger charge is 2.33. The van der Waals surface area contributed by atoms with E-state index in [1.54, 1.807) is 17.0 Å². The van der Waals surface area contributed by atoms with E-state index in [0.29, 0.717) is 18.8 Å². The van der Waals surface area contributed by atoms with Crippen molar-refractivity contribution in [1.29, 1.82) is 0 Å². The Morgan fingerprint density at radius 2 is 1.71 bits per heavy atom. The largest absolute Gasteiger partial charge is 0.372 e. The summed E-state index contributed by atoms with van der Waals surface area (Å²) in [6, 6.07) is 8.24. The average Bonchev–Trinajstić information content (AvgIpc) is 2.51. The Bertz CT molecular complexity index is 552. The smallest absolute Gasteiger partial charge is 0.319 e. The Balaban J connectivity index is 2.00. The highest BCUT2D eigenvalue weighted by Crippen LogP contribution is 2.15. The quantitative estimate of drug-likeness (QED) is 0.889. The SMILES string of the molecule is CC(C)[C@H](NC(=O)Nc1ccccc1)C(=O)N1C[C@@H](C)O[C@H](C)C1. The van der Waals surface area contributed by atoms with E-state index in [9.17, 15) is 9.59 Å². The van der Waals surface area contributed by atoms with E-state index < -0.39 is 6.04 Å². The first-order valence-electron chi connectivity index (χ1n) is 8.43. The van der Waals surface area contributed by atoms with Crippen molar-refractivity contribution in [3.8, 4) is 0 Å². The van der Waals surface area contributed by atoms with Crippen LogP contribution in [0, 0.1) is 5.92 Å². The molecule has 1 aromatic carbocycles. The summed E-state index contributed by atoms with van der Waals surface area (Å²) in [5.74, 6) is -0.0670. The van der Waals surface area contributed by atoms with Crippen LogP contribution in [-0.4, -0.2) is 48.2 Å². The highest BCUT2D eigenvalue weighted by atomic mass is 16.5. The summed E-state index contributed by atoms with van der Waals surface area (Å²) in [6.07, 6.45) is 0.00677. The summed E-state index contributed by atoms with van der Waals surface area (Å²) in [5.41, 5.74) is 0.693. The Kier molecular flexibility index (Phi) is 6.20. The fraction of sp³-hybridized carbons (Fsp3) is 0.556. The number of benzene rings is 1. The first-order valence-corrected chi connectivity index (χ1v) is 8.43. The van der Waals surface area contributed by atoms with Gasteiger partial charge in [0.1, 0.15) is 6.04 Å². The van der Waals surface area contributed by atoms with E-state index in [0.717, 1.165) is 0 Å². The van der Waals surface area contributed by atoms with Crippen molar-refractivity contribution in [1.82, 2.24) is 10.2 Å². The van der Waals surface area contributed by atoms with Crippen molar-refractivity contribution in [2.75, 3.05) is 18.4 Å². The lowest BCUT2D eigenvalue weighted by Crippen LogP contribution is -2.57. The molecule has 2 N–H and O–H groups in total. The van der Waals surface area contributed by atoms with Crippen molar-refractivity contribution in [3.05, 3.63) is 30.3 Å². The van der Waals surface area contributed by atoms with Gasteiger partial charge in [0.2, 0.25) is 5.91 Å². The van der Waals surface area contributed by atoms with Crippen LogP contribution in [0.5, 0.6) is 0 Å². The molecule has 2 rings (SSSR count). The zero-order chi connectivity index (χ0) is 17.7. The number of urea groups is 1. The molecule has 6 nitrogen and oxygen atoms in total. The van der Waals surface area contributed by atoms with Gasteiger partial charge in [0.05, 0.1) is 12.2 Å². The van der Waals surface area contributed by atoms with Crippen LogP contribution >= 0.6 is 0 Å². The molecule has 1 heterocycles. The summed E-state index contributed by atoms with van der Waals surface area (Å²) in [7, 11) is 0. The Labute approximate surface area is 143 Å². The van der Waals surface area contributed by atoms with Crippen LogP contribution in [0.2, 0.25) is 0 Å². The summed E-state index contributed by atoms with van der Waals surface area (Å²) in [5, 5.41) is 5.57. The predicted octanol–water partition coefficient (Wildman–Crippen LogP) is 2.47. The molecule has 1 fully saturated rings. The molecular weight excluding hydrogens is 306 g/mol. The summed E-state index contributed by atoms with van der Waals surface area (Å²) in [4.78, 5) is 26.9. The molecule has 0 saturated carbocycles. The van der Waals surface area contributed by atoms with Crippen LogP contribution in [0.15, 0.2) is 30.3 Å². The third-order valence-electron chi connectivity index (χ3n) is 3.98. The lowest BCUT2D eigenvalue weighted by molar-refractivity contribution is -0.146. The third-order valence-corrected chi connectivity index (χ3v) is 3.98. The zero-order valence-electron chi connectivity index (χ0n) is 14.8. The number of amides is 3. The molecule has 1 aliphatic heterocycles. The Morgan fingerprint density at radius 1 is 1.12 bits per heavy atom. The van der Waals surface area contributed by atoms with Gasteiger partial charge in [-0.2, -0.15) is 0 Å². The number of ether oxygens (including phenoxy) is 1. The fourth-order valence-electron chi connectivity index (χ4n) is 2.90. The summed E-state index contributed by atoms with van der Waals surface area (Å²) >= 11 is 0. The maximum atomic E-state index is 12.8. The van der Waals surface area contributed by atoms with E-state index in [4.69, 9.17) is 4.74 Å². The van der Waals surface area contributed by atoms with Gasteiger partial charge in [-0.15, -0.1) is 0 Å². The molecule has 24 heavy (non-hydrogen) atoms. The highest BCUT2D eigenvalue weighted by molar-refractivity contribution is 5.93. The van der Waals surface area contributed by atoms with Gasteiger partial charge in [-0.05, 0) is 31.9 Å². The number of nitrogens with one attached hydrogen (secondary N) is 2. The number of anilines is 1. The number of rotatable bonds is 4. The summed E-state index contributed by atoms with van der Waals surface area (Å²) < 4.78 is 5.67. The van der Waals surface area contributed by atoms with Crippen LogP contribution in [-0.2, 0) is 9.53 Å². The molecule has 6 heteroatoms. The molecule has 0 spiro atoms. The molecule has 1 aliphatic rings. The van der Waals surface area contributed by atoms with Crippen LogP contribution < -0.4 is 10.6 Å². The second-order valence-electron chi connectivity index (χ2n) is 6.69. The van der Waals surface area contributed by atoms with Crippen molar-refractivity contribution in [3.63, 3.8) is 0 Å². The predicted molar refractivity (Wildman–Crippen MR) is 93.8 cm³/mol. The second-order valence-corrected chi connectivity index (χ2v) is 6.69. The first-order chi connectivity index (χ1) is 11.4. The lowest BCUT2D eigenvalue weighted by atomic mass is 10.0. The maximum absolute atomic E-state index is 12.8. The van der Waals surface area contributed by atoms with Gasteiger partial charge in [0, 0.05) is 18.8 Å². The van der Waals surface area contributed by atoms with Gasteiger partial charge in [0.25, 0.3) is 0 Å². The Hall–Kier alpha value is -2.08. The molecule has 0 aliphatic carbocycles. The van der Waals surface area contributed by atoms with Gasteiger partial charge in [-0.25, -0.2) is 4.79 Å². The molecule has 3 amide bonds. The molecule has 0 radical (unpaired) electrons. The van der Waals surface area contributed by atoms with Crippen LogP contribution in [0.3, 0.4) is 0 Å². The van der Waals surface area contributed by atoms with E-state index in [1.807, 2.05) is 45.9 Å². The Morgan fingerprint density at radius 3 is 2.25 bits per heavy atom. The van der Waals surface area contributed by atoms with Crippen molar-refractivity contribution in [2.45, 2.75) is 45.9 Å². The van der Waals surface area contributed by atoms with Crippen molar-refractivity contribution in [2.24, 2.45) is 5.92 Å². The average molecular weight is 333 g/mol. The number of carbonyl (C=O) groups excluding carboxylic acids is 2. The minimum Gasteiger partial charge on any atom is -0.372 e. The number of nitrogens with zero attached hydrogens (tertiary/aromatic N) is 1. The minimum atomic E-state index is -0.564. The van der Waals surface area contributed by atoms with Crippen LogP contribution in [0.1, 0.15) is 27.7 Å². The second kappa shape index (κ2) is 8.15. The molecule has 132 valence electrons. The van der Waals surface area contributed by atoms with E-state index in [-0.39, 0.29) is 30.1 Å². The van der Waals surface area contributed by atoms with Crippen LogP contribution in [0.25, 0.3) is 0 Å². The number of carbonyl (C=O) groups is 2. The van der Waals surface area contributed by atoms with Gasteiger partial charge in [0.15, 0.2) is 0 Å². The number of hydrogen-bond donors (Lipinski definition) is 2. The number of morpholine rings is 1. The lowest BCUT2D eigenvalue weighted by Gasteiger charge is -2.38. The van der Waals surface area contributed by atoms with E-state index >= 15 is 0 Å². The van der Waals surface area contributed by atoms with Gasteiger partial charge >= 0.3 is 6.03 Å². The zero-order valence-corrected chi connectivity index (χ0v) is 14.8. The van der Waals surface area contributed by atoms with Crippen molar-refractivity contribution >= 4 is 17.6 Å². The third kappa shape index (κ3) is 4.96. The first kappa shape index (κ1) is 18.3. The van der Waals surface area contributed by atoms with Gasteiger partial charge < -0.3 is 20.3 Å². The van der Waals surface area contributed by atoms with Gasteiger partial charge in [-0.1, -0.05) is 32.0 Å². The molecular formula is C18H27N3O3. The molecule has 0 bridgehead atoms. The van der Waals surface area contributed by atoms with Crippen molar-refractivity contribution < 1.29 is 14.3 Å². The summed E-state index contributed by atoms with van der Waals surface area (Å²) in [6.45, 7) is 8.87. The maximum Gasteiger partial charge on any atom is 0.319 e. The molecule has 1 saturated heterocycles. The monoisotopic (exact) mass is 333 g/mol. The van der Waals surface area contributed by atoms with Crippen LogP contribution in [0.4, 0.5) is 10.5 Å². The molecule has 0 aromatic heterocycles. The standard InChI is InChI=1S/C18H27N3O3/c1-12(2)16(17(22)21-10-13(3)24-14(4)11-21)20-18(23)19-15-8-6-5-7-9-15/h5-9,12-14,16H,10-11H2,1-4H3,(H2,19,20,23)/t13-,14-,16+/m1/s1. The number of hydrogen-bond acceptors (Lipinski definition) is 3. The molecule has 0 unspecified atom stereocenters. The number of para-hydroxylation sites is 1. The van der Waals surface area contributed by atoms with E-state index in [2.05, 4.69) is 10.6 Å². The normalized spacial score (nSPS) is 22.1. The minimum absolute atomic E-state index is 0.00339. The van der Waals surface area contributed by atoms with E-state index in [1.165, 1.54) is 0 Å². The topological polar surface area (TPSA) is 70.7 Å². The fourth-order valence-corrected chi connectivity index (χ4v) is 2.90. The molecule has 3 atom stereocenters. The van der Waals surface area contributed by atoms with Gasteiger partial charge in [-0.3, -0.25) is 4.79 Å².